The van der Waals surface area contributed by atoms with Crippen LogP contribution in [0.1, 0.15) is 51.4 Å². The molecule has 0 amide bonds. The average molecular weight is 282 g/mol. The lowest BCUT2D eigenvalue weighted by atomic mass is 9.76. The first-order chi connectivity index (χ1) is 9.65. The van der Waals surface area contributed by atoms with Gasteiger partial charge in [0.15, 0.2) is 0 Å². The molecule has 2 aliphatic rings. The summed E-state index contributed by atoms with van der Waals surface area (Å²) in [7, 11) is 1.71. The van der Waals surface area contributed by atoms with Crippen molar-refractivity contribution in [3.8, 4) is 0 Å². The van der Waals surface area contributed by atoms with Crippen LogP contribution in [0.15, 0.2) is 0 Å². The number of rotatable bonds is 5. The first-order valence-corrected chi connectivity index (χ1v) is 7.87. The second kappa shape index (κ2) is 7.32. The number of aliphatic hydroxyl groups is 1. The molecule has 2 saturated carbocycles. The first-order valence-electron chi connectivity index (χ1n) is 7.87. The van der Waals surface area contributed by atoms with Gasteiger partial charge in [0, 0.05) is 25.6 Å². The van der Waals surface area contributed by atoms with Gasteiger partial charge < -0.3 is 9.84 Å². The molecule has 0 aromatic rings. The van der Waals surface area contributed by atoms with Crippen molar-refractivity contribution in [2.75, 3.05) is 13.7 Å². The predicted molar refractivity (Wildman–Crippen MR) is 75.3 cm³/mol. The van der Waals surface area contributed by atoms with Gasteiger partial charge in [-0.1, -0.05) is 0 Å². The van der Waals surface area contributed by atoms with Gasteiger partial charge in [0.2, 0.25) is 11.6 Å². The van der Waals surface area contributed by atoms with Crippen molar-refractivity contribution < 1.29 is 19.4 Å². The van der Waals surface area contributed by atoms with E-state index in [2.05, 4.69) is 0 Å². The Morgan fingerprint density at radius 1 is 0.900 bits per heavy atom. The summed E-state index contributed by atoms with van der Waals surface area (Å²) in [5.41, 5.74) is 0. The van der Waals surface area contributed by atoms with E-state index >= 15 is 0 Å². The van der Waals surface area contributed by atoms with Crippen LogP contribution < -0.4 is 0 Å². The van der Waals surface area contributed by atoms with Crippen molar-refractivity contribution in [1.82, 2.24) is 0 Å². The molecule has 0 saturated heterocycles. The van der Waals surface area contributed by atoms with Crippen LogP contribution in [-0.4, -0.2) is 36.5 Å². The van der Waals surface area contributed by atoms with Crippen LogP contribution in [0.3, 0.4) is 0 Å². The third kappa shape index (κ3) is 3.67. The zero-order valence-electron chi connectivity index (χ0n) is 12.3. The summed E-state index contributed by atoms with van der Waals surface area (Å²) in [5, 5.41) is 9.11. The Morgan fingerprint density at radius 3 is 1.75 bits per heavy atom. The molecule has 20 heavy (non-hydrogen) atoms. The molecule has 4 nitrogen and oxygen atoms in total. The highest BCUT2D eigenvalue weighted by atomic mass is 16.5. The molecular formula is C16H26O4. The number of carbonyl (C=O) groups is 2. The third-order valence-corrected chi connectivity index (χ3v) is 5.10. The van der Waals surface area contributed by atoms with Crippen molar-refractivity contribution in [1.29, 1.82) is 0 Å². The lowest BCUT2D eigenvalue weighted by Crippen LogP contribution is -2.35. The second-order valence-electron chi connectivity index (χ2n) is 6.34. The fourth-order valence-corrected chi connectivity index (χ4v) is 3.57. The summed E-state index contributed by atoms with van der Waals surface area (Å²) < 4.78 is 5.30. The van der Waals surface area contributed by atoms with Crippen molar-refractivity contribution in [3.63, 3.8) is 0 Å². The summed E-state index contributed by atoms with van der Waals surface area (Å²) >= 11 is 0. The molecule has 0 radical (unpaired) electrons. The Hall–Kier alpha value is -0.740. The number of carbonyl (C=O) groups excluding carboxylic acids is 2. The normalized spacial score (nSPS) is 34.7. The molecule has 0 spiro atoms. The highest BCUT2D eigenvalue weighted by Crippen LogP contribution is 2.32. The Balaban J connectivity index is 1.82. The van der Waals surface area contributed by atoms with Crippen LogP contribution in [0, 0.1) is 17.8 Å². The van der Waals surface area contributed by atoms with E-state index in [0.717, 1.165) is 51.4 Å². The summed E-state index contributed by atoms with van der Waals surface area (Å²) in [4.78, 5) is 24.6. The fraction of sp³-hybridized carbons (Fsp3) is 0.875. The molecule has 0 aromatic heterocycles. The van der Waals surface area contributed by atoms with Gasteiger partial charge in [-0.25, -0.2) is 0 Å². The number of methoxy groups -OCH3 is 1. The molecule has 0 atom stereocenters. The third-order valence-electron chi connectivity index (χ3n) is 5.10. The lowest BCUT2D eigenvalue weighted by molar-refractivity contribution is -0.143. The topological polar surface area (TPSA) is 63.6 Å². The predicted octanol–water partition coefficient (Wildman–Crippen LogP) is 2.13. The van der Waals surface area contributed by atoms with E-state index in [1.807, 2.05) is 0 Å². The summed E-state index contributed by atoms with van der Waals surface area (Å²) in [6.45, 7) is 0.204. The van der Waals surface area contributed by atoms with E-state index in [1.165, 1.54) is 0 Å². The molecule has 114 valence electrons. The lowest BCUT2D eigenvalue weighted by Gasteiger charge is -2.29. The summed E-state index contributed by atoms with van der Waals surface area (Å²) in [6.07, 6.45) is 6.88. The monoisotopic (exact) mass is 282 g/mol. The Labute approximate surface area is 120 Å². The Morgan fingerprint density at radius 2 is 1.35 bits per heavy atom. The molecule has 0 aliphatic heterocycles. The standard InChI is InChI=1S/C16H26O4/c1-20-14-8-6-13(7-9-14)16(19)15(18)12-4-2-11(10-17)3-5-12/h11-14,17H,2-10H2,1H3. The van der Waals surface area contributed by atoms with Crippen molar-refractivity contribution in [2.24, 2.45) is 17.8 Å². The smallest absolute Gasteiger partial charge is 0.201 e. The number of ether oxygens (including phenoxy) is 1. The molecule has 0 bridgehead atoms. The van der Waals surface area contributed by atoms with E-state index in [1.54, 1.807) is 7.11 Å². The summed E-state index contributed by atoms with van der Waals surface area (Å²) in [5.74, 6) is -0.143. The zero-order valence-corrected chi connectivity index (χ0v) is 12.3. The minimum absolute atomic E-state index is 0.0792. The van der Waals surface area contributed by atoms with Crippen molar-refractivity contribution in [3.05, 3.63) is 0 Å². The van der Waals surface area contributed by atoms with Crippen LogP contribution >= 0.6 is 0 Å². The van der Waals surface area contributed by atoms with Crippen molar-refractivity contribution >= 4 is 11.6 Å². The van der Waals surface area contributed by atoms with Gasteiger partial charge in [0.25, 0.3) is 0 Å². The molecule has 2 rings (SSSR count). The first kappa shape index (κ1) is 15.6. The van der Waals surface area contributed by atoms with Gasteiger partial charge in [0.05, 0.1) is 6.10 Å². The highest BCUT2D eigenvalue weighted by Gasteiger charge is 2.35. The molecular weight excluding hydrogens is 256 g/mol. The minimum Gasteiger partial charge on any atom is -0.396 e. The maximum Gasteiger partial charge on any atom is 0.201 e. The Kier molecular flexibility index (Phi) is 5.73. The van der Waals surface area contributed by atoms with E-state index in [4.69, 9.17) is 9.84 Å². The molecule has 2 fully saturated rings. The van der Waals surface area contributed by atoms with Gasteiger partial charge in [-0.3, -0.25) is 9.59 Å². The van der Waals surface area contributed by atoms with E-state index in [0.29, 0.717) is 5.92 Å². The number of hydrogen-bond acceptors (Lipinski definition) is 4. The van der Waals surface area contributed by atoms with Gasteiger partial charge in [-0.05, 0) is 57.3 Å². The van der Waals surface area contributed by atoms with Gasteiger partial charge >= 0.3 is 0 Å². The van der Waals surface area contributed by atoms with E-state index < -0.39 is 0 Å². The van der Waals surface area contributed by atoms with Crippen LogP contribution in [-0.2, 0) is 14.3 Å². The minimum atomic E-state index is -0.151. The molecule has 0 aromatic carbocycles. The highest BCUT2D eigenvalue weighted by molar-refractivity contribution is 6.38. The number of Topliss-reactive ketones (excluding diaryl/α,β-unsaturated/α-hetero) is 2. The van der Waals surface area contributed by atoms with Gasteiger partial charge in [-0.2, -0.15) is 0 Å². The molecule has 0 unspecified atom stereocenters. The molecule has 4 heteroatoms. The van der Waals surface area contributed by atoms with E-state index in [-0.39, 0.29) is 36.1 Å². The fourth-order valence-electron chi connectivity index (χ4n) is 3.57. The van der Waals surface area contributed by atoms with Crippen LogP contribution in [0.5, 0.6) is 0 Å². The largest absolute Gasteiger partial charge is 0.396 e. The molecule has 1 N–H and O–H groups in total. The quantitative estimate of drug-likeness (QED) is 0.785. The number of ketones is 2. The van der Waals surface area contributed by atoms with Crippen LogP contribution in [0.25, 0.3) is 0 Å². The number of hydrogen-bond donors (Lipinski definition) is 1. The SMILES string of the molecule is COC1CCC(C(=O)C(=O)C2CCC(CO)CC2)CC1. The van der Waals surface area contributed by atoms with Crippen molar-refractivity contribution in [2.45, 2.75) is 57.5 Å². The maximum atomic E-state index is 12.3. The molecule has 2 aliphatic carbocycles. The Bertz CT molecular complexity index is 302. The van der Waals surface area contributed by atoms with E-state index in [9.17, 15) is 9.59 Å². The maximum absolute atomic E-state index is 12.3. The van der Waals surface area contributed by atoms with Crippen LogP contribution in [0.4, 0.5) is 0 Å². The zero-order chi connectivity index (χ0) is 14.5. The van der Waals surface area contributed by atoms with Gasteiger partial charge in [0.1, 0.15) is 0 Å². The second-order valence-corrected chi connectivity index (χ2v) is 6.34. The van der Waals surface area contributed by atoms with Crippen LogP contribution in [0.2, 0.25) is 0 Å². The summed E-state index contributed by atoms with van der Waals surface area (Å²) in [6, 6.07) is 0. The molecule has 0 heterocycles. The van der Waals surface area contributed by atoms with Gasteiger partial charge in [-0.15, -0.1) is 0 Å². The number of aliphatic hydroxyl groups excluding tert-OH is 1. The average Bonchev–Trinajstić information content (AvgIpc) is 2.53.